The normalized spacial score (nSPS) is 16.1. The number of nitrogens with one attached hydrogen (secondary N) is 2. The highest BCUT2D eigenvalue weighted by atomic mass is 16.5. The maximum Gasteiger partial charge on any atom is 0.255 e. The SMILES string of the molecule is [N-]=[N+]=NCCOCCOCC(COCC(=O)Nc1cccc2c1CN(C1CCC(=O)NC1=O)C2=O)N(Cc1ccccc1)Cc1ccccc1. The highest BCUT2D eigenvalue weighted by molar-refractivity contribution is 6.06. The van der Waals surface area contributed by atoms with E-state index in [4.69, 9.17) is 19.7 Å². The number of hydrogen-bond acceptors (Lipinski definition) is 9. The first-order valence-corrected chi connectivity index (χ1v) is 16.6. The van der Waals surface area contributed by atoms with E-state index in [-0.39, 0.29) is 57.0 Å². The van der Waals surface area contributed by atoms with Crippen molar-refractivity contribution >= 4 is 29.3 Å². The predicted octanol–water partition coefficient (Wildman–Crippen LogP) is 3.82. The highest BCUT2D eigenvalue weighted by Crippen LogP contribution is 2.32. The topological polar surface area (TPSA) is 175 Å². The first kappa shape index (κ1) is 36.2. The van der Waals surface area contributed by atoms with Crippen LogP contribution in [0.4, 0.5) is 5.69 Å². The van der Waals surface area contributed by atoms with E-state index in [1.807, 2.05) is 36.4 Å². The van der Waals surface area contributed by atoms with Gasteiger partial charge in [-0.3, -0.25) is 29.4 Å². The van der Waals surface area contributed by atoms with Gasteiger partial charge in [0.2, 0.25) is 17.7 Å². The van der Waals surface area contributed by atoms with Crippen molar-refractivity contribution in [2.75, 3.05) is 51.5 Å². The van der Waals surface area contributed by atoms with Crippen molar-refractivity contribution in [1.82, 2.24) is 15.1 Å². The molecule has 50 heavy (non-hydrogen) atoms. The molecule has 2 aliphatic heterocycles. The molecule has 0 spiro atoms. The van der Waals surface area contributed by atoms with Gasteiger partial charge in [-0.25, -0.2) is 0 Å². The lowest BCUT2D eigenvalue weighted by Gasteiger charge is -2.32. The number of imide groups is 1. The van der Waals surface area contributed by atoms with Gasteiger partial charge in [0.25, 0.3) is 5.91 Å². The average molecular weight is 684 g/mol. The molecule has 0 aromatic heterocycles. The van der Waals surface area contributed by atoms with Gasteiger partial charge in [-0.05, 0) is 35.2 Å². The Labute approximate surface area is 290 Å². The Bertz CT molecular complexity index is 1630. The molecule has 0 aliphatic carbocycles. The maximum absolute atomic E-state index is 13.2. The third-order valence-corrected chi connectivity index (χ3v) is 8.45. The van der Waals surface area contributed by atoms with Crippen LogP contribution in [0.1, 0.15) is 39.9 Å². The fraction of sp³-hybridized carbons (Fsp3) is 0.389. The lowest BCUT2D eigenvalue weighted by atomic mass is 10.0. The Morgan fingerprint density at radius 1 is 0.920 bits per heavy atom. The molecule has 1 saturated heterocycles. The zero-order valence-electron chi connectivity index (χ0n) is 27.7. The molecule has 3 aromatic rings. The summed E-state index contributed by atoms with van der Waals surface area (Å²) in [6.07, 6.45) is 0.408. The van der Waals surface area contributed by atoms with Crippen LogP contribution in [0.5, 0.6) is 0 Å². The first-order valence-electron chi connectivity index (χ1n) is 16.6. The third kappa shape index (κ3) is 10.2. The lowest BCUT2D eigenvalue weighted by molar-refractivity contribution is -0.137. The second-order valence-corrected chi connectivity index (χ2v) is 12.0. The minimum atomic E-state index is -0.752. The number of azide groups is 1. The van der Waals surface area contributed by atoms with Crippen molar-refractivity contribution in [3.8, 4) is 0 Å². The second-order valence-electron chi connectivity index (χ2n) is 12.0. The number of carbonyl (C=O) groups excluding carboxylic acids is 4. The summed E-state index contributed by atoms with van der Waals surface area (Å²) < 4.78 is 17.5. The standard InChI is InChI=1S/C36H41N7O7/c37-41-38-16-17-48-18-19-49-23-28(42(20-26-8-3-1-4-9-26)21-27-10-5-2-6-11-27)24-50-25-34(45)39-31-13-7-12-29-30(31)22-43(36(29)47)32-14-15-33(44)40-35(32)46/h1-13,28,32H,14-25H2,(H,39,45)(H,40,44,46). The fourth-order valence-electron chi connectivity index (χ4n) is 5.97. The molecule has 2 atom stereocenters. The number of ether oxygens (including phenoxy) is 3. The van der Waals surface area contributed by atoms with Crippen molar-refractivity contribution in [3.63, 3.8) is 0 Å². The smallest absolute Gasteiger partial charge is 0.255 e. The molecule has 14 heteroatoms. The summed E-state index contributed by atoms with van der Waals surface area (Å²) in [6.45, 7) is 2.85. The molecule has 2 aliphatic rings. The second kappa shape index (κ2) is 18.6. The van der Waals surface area contributed by atoms with Crippen molar-refractivity contribution < 1.29 is 33.4 Å². The molecule has 1 fully saturated rings. The van der Waals surface area contributed by atoms with Crippen molar-refractivity contribution in [2.45, 2.75) is 44.6 Å². The van der Waals surface area contributed by atoms with Crippen LogP contribution in [-0.4, -0.2) is 91.7 Å². The van der Waals surface area contributed by atoms with E-state index in [2.05, 4.69) is 49.8 Å². The molecule has 0 bridgehead atoms. The summed E-state index contributed by atoms with van der Waals surface area (Å²) in [5.41, 5.74) is 12.1. The van der Waals surface area contributed by atoms with Crippen LogP contribution >= 0.6 is 0 Å². The van der Waals surface area contributed by atoms with Crippen molar-refractivity contribution in [2.24, 2.45) is 5.11 Å². The van der Waals surface area contributed by atoms with Crippen LogP contribution in [-0.2, 0) is 48.2 Å². The summed E-state index contributed by atoms with van der Waals surface area (Å²) in [4.78, 5) is 56.9. The van der Waals surface area contributed by atoms with Gasteiger partial charge in [0.05, 0.1) is 39.1 Å². The molecule has 0 radical (unpaired) electrons. The monoisotopic (exact) mass is 683 g/mol. The Morgan fingerprint density at radius 3 is 2.28 bits per heavy atom. The molecule has 2 unspecified atom stereocenters. The Hall–Kier alpha value is -5.11. The molecule has 5 rings (SSSR count). The Kier molecular flexibility index (Phi) is 13.5. The number of nitrogens with zero attached hydrogens (tertiary/aromatic N) is 5. The summed E-state index contributed by atoms with van der Waals surface area (Å²) >= 11 is 0. The van der Waals surface area contributed by atoms with Crippen LogP contribution in [0.15, 0.2) is 84.0 Å². The average Bonchev–Trinajstić information content (AvgIpc) is 3.45. The van der Waals surface area contributed by atoms with E-state index in [0.717, 1.165) is 11.1 Å². The summed E-state index contributed by atoms with van der Waals surface area (Å²) in [6, 6.07) is 24.2. The predicted molar refractivity (Wildman–Crippen MR) is 184 cm³/mol. The van der Waals surface area contributed by atoms with Crippen LogP contribution < -0.4 is 10.6 Å². The van der Waals surface area contributed by atoms with Gasteiger partial charge in [-0.2, -0.15) is 0 Å². The summed E-state index contributed by atoms with van der Waals surface area (Å²) in [5, 5.41) is 8.64. The van der Waals surface area contributed by atoms with Crippen molar-refractivity contribution in [3.05, 3.63) is 112 Å². The van der Waals surface area contributed by atoms with E-state index < -0.39 is 17.9 Å². The molecule has 2 heterocycles. The van der Waals surface area contributed by atoms with E-state index >= 15 is 0 Å². The number of piperidine rings is 1. The Morgan fingerprint density at radius 2 is 1.60 bits per heavy atom. The minimum absolute atomic E-state index is 0.139. The van der Waals surface area contributed by atoms with E-state index in [1.165, 1.54) is 4.90 Å². The number of anilines is 1. The number of amides is 4. The Balaban J connectivity index is 1.22. The van der Waals surface area contributed by atoms with E-state index in [0.29, 0.717) is 56.3 Å². The van der Waals surface area contributed by atoms with E-state index in [1.54, 1.807) is 18.2 Å². The number of benzene rings is 3. The minimum Gasteiger partial charge on any atom is -0.379 e. The zero-order chi connectivity index (χ0) is 35.1. The fourth-order valence-corrected chi connectivity index (χ4v) is 5.97. The maximum atomic E-state index is 13.2. The molecule has 262 valence electrons. The number of carbonyl (C=O) groups is 4. The van der Waals surface area contributed by atoms with Gasteiger partial charge >= 0.3 is 0 Å². The van der Waals surface area contributed by atoms with Crippen molar-refractivity contribution in [1.29, 1.82) is 0 Å². The number of rotatable bonds is 19. The van der Waals surface area contributed by atoms with E-state index in [9.17, 15) is 19.2 Å². The summed E-state index contributed by atoms with van der Waals surface area (Å²) in [5.74, 6) is -1.56. The summed E-state index contributed by atoms with van der Waals surface area (Å²) in [7, 11) is 0. The molecular weight excluding hydrogens is 642 g/mol. The lowest BCUT2D eigenvalue weighted by Crippen LogP contribution is -2.52. The van der Waals surface area contributed by atoms with Crippen LogP contribution in [0.3, 0.4) is 0 Å². The quantitative estimate of drug-likeness (QED) is 0.0630. The van der Waals surface area contributed by atoms with Crippen LogP contribution in [0.2, 0.25) is 0 Å². The number of fused-ring (bicyclic) bond motifs is 1. The van der Waals surface area contributed by atoms with Crippen LogP contribution in [0, 0.1) is 0 Å². The van der Waals surface area contributed by atoms with Crippen LogP contribution in [0.25, 0.3) is 10.4 Å². The van der Waals surface area contributed by atoms with Gasteiger partial charge in [-0.1, -0.05) is 71.8 Å². The van der Waals surface area contributed by atoms with Gasteiger partial charge in [0, 0.05) is 54.3 Å². The number of hydrogen-bond donors (Lipinski definition) is 2. The molecule has 4 amide bonds. The van der Waals surface area contributed by atoms with Gasteiger partial charge in [0.1, 0.15) is 12.6 Å². The van der Waals surface area contributed by atoms with Gasteiger partial charge < -0.3 is 24.4 Å². The van der Waals surface area contributed by atoms with Gasteiger partial charge in [-0.15, -0.1) is 0 Å². The molecule has 14 nitrogen and oxygen atoms in total. The first-order chi connectivity index (χ1) is 24.4. The van der Waals surface area contributed by atoms with Gasteiger partial charge in [0.15, 0.2) is 0 Å². The highest BCUT2D eigenvalue weighted by Gasteiger charge is 2.40. The molecule has 3 aromatic carbocycles. The largest absolute Gasteiger partial charge is 0.379 e. The third-order valence-electron chi connectivity index (χ3n) is 8.45. The molecule has 2 N–H and O–H groups in total. The zero-order valence-corrected chi connectivity index (χ0v) is 27.7. The molecular formula is C36H41N7O7. The molecule has 0 saturated carbocycles.